The number of aryl methyl sites for hydroxylation is 4. The molecular formula is C19H26N6O2. The van der Waals surface area contributed by atoms with Crippen molar-refractivity contribution in [3.05, 3.63) is 34.4 Å². The molecule has 8 nitrogen and oxygen atoms in total. The first-order chi connectivity index (χ1) is 12.9. The van der Waals surface area contributed by atoms with Crippen LogP contribution in [-0.4, -0.2) is 48.9 Å². The third-order valence-corrected chi connectivity index (χ3v) is 5.48. The molecule has 2 amide bonds. The highest BCUT2D eigenvalue weighted by atomic mass is 16.2. The molecule has 2 aromatic rings. The first-order valence-corrected chi connectivity index (χ1v) is 9.55. The molecular weight excluding hydrogens is 344 g/mol. The van der Waals surface area contributed by atoms with Crippen LogP contribution in [0.15, 0.2) is 6.07 Å². The summed E-state index contributed by atoms with van der Waals surface area (Å²) in [5.41, 5.74) is 4.61. The van der Waals surface area contributed by atoms with Gasteiger partial charge < -0.3 is 10.2 Å². The van der Waals surface area contributed by atoms with Crippen molar-refractivity contribution in [3.8, 4) is 0 Å². The lowest BCUT2D eigenvalue weighted by atomic mass is 10.0. The van der Waals surface area contributed by atoms with Gasteiger partial charge in [-0.3, -0.25) is 19.0 Å². The number of rotatable bonds is 5. The zero-order chi connectivity index (χ0) is 19.1. The summed E-state index contributed by atoms with van der Waals surface area (Å²) in [6.07, 6.45) is 3.99. The van der Waals surface area contributed by atoms with E-state index in [9.17, 15) is 9.59 Å². The van der Waals surface area contributed by atoms with Crippen molar-refractivity contribution in [1.29, 1.82) is 0 Å². The van der Waals surface area contributed by atoms with Crippen LogP contribution >= 0.6 is 0 Å². The minimum absolute atomic E-state index is 0.0503. The minimum atomic E-state index is -0.0503. The average molecular weight is 370 g/mol. The molecule has 0 atom stereocenters. The Labute approximate surface area is 158 Å². The van der Waals surface area contributed by atoms with Crippen LogP contribution in [0, 0.1) is 6.92 Å². The maximum Gasteiger partial charge on any atom is 0.274 e. The Kier molecular flexibility index (Phi) is 4.49. The van der Waals surface area contributed by atoms with Gasteiger partial charge in [-0.05, 0) is 25.8 Å². The maximum absolute atomic E-state index is 12.8. The van der Waals surface area contributed by atoms with Crippen LogP contribution in [0.4, 0.5) is 0 Å². The topological polar surface area (TPSA) is 85.1 Å². The molecule has 3 heterocycles. The van der Waals surface area contributed by atoms with Gasteiger partial charge in [-0.2, -0.15) is 10.2 Å². The zero-order valence-corrected chi connectivity index (χ0v) is 16.2. The second-order valence-corrected chi connectivity index (χ2v) is 7.61. The summed E-state index contributed by atoms with van der Waals surface area (Å²) in [5.74, 6) is 0.0373. The van der Waals surface area contributed by atoms with Crippen LogP contribution < -0.4 is 5.32 Å². The van der Waals surface area contributed by atoms with Crippen molar-refractivity contribution in [2.45, 2.75) is 51.6 Å². The summed E-state index contributed by atoms with van der Waals surface area (Å²) in [7, 11) is 3.78. The summed E-state index contributed by atoms with van der Waals surface area (Å²) in [4.78, 5) is 26.7. The first kappa shape index (κ1) is 17.8. The molecule has 1 N–H and O–H groups in total. The van der Waals surface area contributed by atoms with E-state index in [2.05, 4.69) is 15.5 Å². The molecule has 1 aliphatic carbocycles. The molecule has 1 fully saturated rings. The SMILES string of the molecule is Cc1cc(C(=O)N2CCc3c(c(CCC(=O)NC4CC4)nn3C)C2)nn1C. The second kappa shape index (κ2) is 6.83. The van der Waals surface area contributed by atoms with Crippen molar-refractivity contribution < 1.29 is 9.59 Å². The number of carbonyl (C=O) groups is 2. The van der Waals surface area contributed by atoms with Crippen LogP contribution in [-0.2, 0) is 38.3 Å². The van der Waals surface area contributed by atoms with Crippen LogP contribution in [0.1, 0.15) is 52.4 Å². The van der Waals surface area contributed by atoms with Gasteiger partial charge in [-0.15, -0.1) is 0 Å². The van der Waals surface area contributed by atoms with E-state index in [0.717, 1.165) is 41.9 Å². The third kappa shape index (κ3) is 3.61. The van der Waals surface area contributed by atoms with E-state index >= 15 is 0 Å². The highest BCUT2D eigenvalue weighted by molar-refractivity contribution is 5.92. The fourth-order valence-corrected chi connectivity index (χ4v) is 3.63. The zero-order valence-electron chi connectivity index (χ0n) is 16.2. The van der Waals surface area contributed by atoms with E-state index in [4.69, 9.17) is 0 Å². The largest absolute Gasteiger partial charge is 0.353 e. The van der Waals surface area contributed by atoms with Crippen molar-refractivity contribution in [2.24, 2.45) is 14.1 Å². The van der Waals surface area contributed by atoms with E-state index in [0.29, 0.717) is 37.7 Å². The monoisotopic (exact) mass is 370 g/mol. The second-order valence-electron chi connectivity index (χ2n) is 7.61. The predicted molar refractivity (Wildman–Crippen MR) is 99.1 cm³/mol. The molecule has 8 heteroatoms. The molecule has 2 aliphatic rings. The fraction of sp³-hybridized carbons (Fsp3) is 0.579. The van der Waals surface area contributed by atoms with Gasteiger partial charge in [0.05, 0.1) is 5.69 Å². The Morgan fingerprint density at radius 2 is 2.00 bits per heavy atom. The van der Waals surface area contributed by atoms with Gasteiger partial charge in [0.15, 0.2) is 5.69 Å². The van der Waals surface area contributed by atoms with Crippen LogP contribution in [0.25, 0.3) is 0 Å². The number of hydrogen-bond acceptors (Lipinski definition) is 4. The number of carbonyl (C=O) groups excluding carboxylic acids is 2. The summed E-state index contributed by atoms with van der Waals surface area (Å²) in [6, 6.07) is 2.20. The number of hydrogen-bond donors (Lipinski definition) is 1. The van der Waals surface area contributed by atoms with Gasteiger partial charge in [0, 0.05) is 69.4 Å². The highest BCUT2D eigenvalue weighted by Gasteiger charge is 2.29. The molecule has 0 aromatic carbocycles. The lowest BCUT2D eigenvalue weighted by molar-refractivity contribution is -0.121. The van der Waals surface area contributed by atoms with Gasteiger partial charge in [0.1, 0.15) is 0 Å². The van der Waals surface area contributed by atoms with Crippen molar-refractivity contribution in [3.63, 3.8) is 0 Å². The smallest absolute Gasteiger partial charge is 0.274 e. The molecule has 144 valence electrons. The maximum atomic E-state index is 12.8. The van der Waals surface area contributed by atoms with Gasteiger partial charge in [0.2, 0.25) is 5.91 Å². The molecule has 0 spiro atoms. The Bertz CT molecular complexity index is 873. The molecule has 1 aliphatic heterocycles. The van der Waals surface area contributed by atoms with E-state index in [-0.39, 0.29) is 11.8 Å². The quantitative estimate of drug-likeness (QED) is 0.846. The molecule has 27 heavy (non-hydrogen) atoms. The lowest BCUT2D eigenvalue weighted by Gasteiger charge is -2.27. The summed E-state index contributed by atoms with van der Waals surface area (Å²) in [5, 5.41) is 12.0. The van der Waals surface area contributed by atoms with E-state index in [1.165, 1.54) is 0 Å². The molecule has 0 radical (unpaired) electrons. The number of nitrogens with one attached hydrogen (secondary N) is 1. The molecule has 1 saturated carbocycles. The summed E-state index contributed by atoms with van der Waals surface area (Å²) in [6.45, 7) is 3.11. The Morgan fingerprint density at radius 1 is 1.22 bits per heavy atom. The fourth-order valence-electron chi connectivity index (χ4n) is 3.63. The number of nitrogens with zero attached hydrogens (tertiary/aromatic N) is 5. The minimum Gasteiger partial charge on any atom is -0.353 e. The van der Waals surface area contributed by atoms with E-state index in [1.807, 2.05) is 36.7 Å². The summed E-state index contributed by atoms with van der Waals surface area (Å²) < 4.78 is 3.62. The van der Waals surface area contributed by atoms with Crippen molar-refractivity contribution in [2.75, 3.05) is 6.54 Å². The standard InChI is InChI=1S/C19H26N6O2/c1-12-10-16(22-23(12)2)19(27)25-9-8-17-14(11-25)15(21-24(17)3)6-7-18(26)20-13-4-5-13/h10,13H,4-9,11H2,1-3H3,(H,20,26). The van der Waals surface area contributed by atoms with Gasteiger partial charge in [-0.25, -0.2) is 0 Å². The third-order valence-electron chi connectivity index (χ3n) is 5.48. The van der Waals surface area contributed by atoms with E-state index in [1.54, 1.807) is 4.68 Å². The Balaban J connectivity index is 1.47. The van der Waals surface area contributed by atoms with Gasteiger partial charge in [-0.1, -0.05) is 0 Å². The number of aromatic nitrogens is 4. The van der Waals surface area contributed by atoms with Crippen molar-refractivity contribution >= 4 is 11.8 Å². The number of amides is 2. The van der Waals surface area contributed by atoms with Gasteiger partial charge >= 0.3 is 0 Å². The van der Waals surface area contributed by atoms with E-state index < -0.39 is 0 Å². The number of fused-ring (bicyclic) bond motifs is 1. The Hall–Kier alpha value is -2.64. The Morgan fingerprint density at radius 3 is 2.67 bits per heavy atom. The molecule has 0 unspecified atom stereocenters. The molecule has 0 saturated heterocycles. The normalized spacial score (nSPS) is 16.3. The predicted octanol–water partition coefficient (Wildman–Crippen LogP) is 0.872. The van der Waals surface area contributed by atoms with Crippen LogP contribution in [0.2, 0.25) is 0 Å². The molecule has 0 bridgehead atoms. The van der Waals surface area contributed by atoms with Crippen molar-refractivity contribution in [1.82, 2.24) is 29.8 Å². The molecule has 2 aromatic heterocycles. The first-order valence-electron chi connectivity index (χ1n) is 9.55. The van der Waals surface area contributed by atoms with Gasteiger partial charge in [0.25, 0.3) is 5.91 Å². The average Bonchev–Trinajstić information content (AvgIpc) is 3.32. The van der Waals surface area contributed by atoms with Crippen LogP contribution in [0.5, 0.6) is 0 Å². The summed E-state index contributed by atoms with van der Waals surface area (Å²) >= 11 is 0. The highest BCUT2D eigenvalue weighted by Crippen LogP contribution is 2.25. The van der Waals surface area contributed by atoms with Crippen LogP contribution in [0.3, 0.4) is 0 Å². The molecule has 4 rings (SSSR count). The lowest BCUT2D eigenvalue weighted by Crippen LogP contribution is -2.36.